The zero-order valence-corrected chi connectivity index (χ0v) is 21.8. The topological polar surface area (TPSA) is 77.3 Å². The molecule has 1 saturated heterocycles. The molecule has 2 fully saturated rings. The van der Waals surface area contributed by atoms with E-state index >= 15 is 0 Å². The van der Waals surface area contributed by atoms with Crippen molar-refractivity contribution in [3.05, 3.63) is 77.1 Å². The van der Waals surface area contributed by atoms with Crippen LogP contribution in [0.2, 0.25) is 0 Å². The Morgan fingerprint density at radius 2 is 1.97 bits per heavy atom. The Kier molecular flexibility index (Phi) is 5.93. The highest BCUT2D eigenvalue weighted by atomic mass is 32.1. The standard InChI is InChI=1S/C30H28N4O3S/c35-27(14-19-8-9-19)28-15-20-10-12-33(26-7-2-1-4-23(26)29(20)38-28)30(36)25-6-3-5-24(32-25)21-16-31-34(17-21)22-11-13-37-18-22/h1-7,15-17,19,22H,8-14,18H2. The summed E-state index contributed by atoms with van der Waals surface area (Å²) in [4.78, 5) is 35.2. The van der Waals surface area contributed by atoms with Crippen molar-refractivity contribution in [2.24, 2.45) is 5.92 Å². The van der Waals surface area contributed by atoms with E-state index in [2.05, 4.69) is 17.2 Å². The highest BCUT2D eigenvalue weighted by Crippen LogP contribution is 2.43. The third-order valence-electron chi connectivity index (χ3n) is 7.69. The number of carbonyl (C=O) groups excluding carboxylic acids is 2. The lowest BCUT2D eigenvalue weighted by atomic mass is 10.1. The lowest BCUT2D eigenvalue weighted by Gasteiger charge is -2.22. The number of fused-ring (bicyclic) bond motifs is 3. The third kappa shape index (κ3) is 4.37. The Morgan fingerprint density at radius 3 is 2.82 bits per heavy atom. The second kappa shape index (κ2) is 9.60. The molecule has 0 bridgehead atoms. The summed E-state index contributed by atoms with van der Waals surface area (Å²) in [5.74, 6) is 0.691. The number of para-hydroxylation sites is 1. The van der Waals surface area contributed by atoms with Crippen LogP contribution in [0.25, 0.3) is 21.7 Å². The number of ketones is 1. The number of ether oxygens (including phenoxy) is 1. The minimum atomic E-state index is -0.129. The van der Waals surface area contributed by atoms with Gasteiger partial charge < -0.3 is 9.64 Å². The lowest BCUT2D eigenvalue weighted by Crippen LogP contribution is -2.33. The highest BCUT2D eigenvalue weighted by molar-refractivity contribution is 7.17. The molecule has 8 heteroatoms. The second-order valence-electron chi connectivity index (χ2n) is 10.4. The number of hydrogen-bond acceptors (Lipinski definition) is 6. The predicted octanol–water partition coefficient (Wildman–Crippen LogP) is 5.82. The van der Waals surface area contributed by atoms with Crippen molar-refractivity contribution in [2.75, 3.05) is 24.7 Å². The van der Waals surface area contributed by atoms with E-state index in [0.29, 0.717) is 37.6 Å². The first-order valence-corrected chi connectivity index (χ1v) is 14.1. The molecule has 0 spiro atoms. The Labute approximate surface area is 225 Å². The Morgan fingerprint density at radius 1 is 1.08 bits per heavy atom. The summed E-state index contributed by atoms with van der Waals surface area (Å²) in [6.07, 6.45) is 8.42. The Bertz CT molecular complexity index is 1530. The summed E-state index contributed by atoms with van der Waals surface area (Å²) >= 11 is 1.57. The summed E-state index contributed by atoms with van der Waals surface area (Å²) in [6.45, 7) is 1.95. The number of benzene rings is 1. The second-order valence-corrected chi connectivity index (χ2v) is 11.4. The molecule has 7 nitrogen and oxygen atoms in total. The van der Waals surface area contributed by atoms with E-state index in [1.165, 1.54) is 12.8 Å². The number of nitrogens with zero attached hydrogens (tertiary/aromatic N) is 4. The molecule has 1 unspecified atom stereocenters. The number of aromatic nitrogens is 3. The van der Waals surface area contributed by atoms with Gasteiger partial charge in [0.2, 0.25) is 0 Å². The van der Waals surface area contributed by atoms with Crippen molar-refractivity contribution in [1.29, 1.82) is 0 Å². The molecule has 3 aliphatic rings. The smallest absolute Gasteiger partial charge is 0.276 e. The molecular weight excluding hydrogens is 496 g/mol. The molecular formula is C30H28N4O3S. The van der Waals surface area contributed by atoms with E-state index < -0.39 is 0 Å². The lowest BCUT2D eigenvalue weighted by molar-refractivity contribution is 0.0972. The highest BCUT2D eigenvalue weighted by Gasteiger charge is 2.30. The fraction of sp³-hybridized carbons (Fsp3) is 0.333. The van der Waals surface area contributed by atoms with Gasteiger partial charge in [-0.25, -0.2) is 4.98 Å². The zero-order valence-electron chi connectivity index (χ0n) is 21.0. The monoisotopic (exact) mass is 524 g/mol. The molecule has 1 aromatic carbocycles. The summed E-state index contributed by atoms with van der Waals surface area (Å²) in [5, 5.41) is 4.52. The third-order valence-corrected chi connectivity index (χ3v) is 8.94. The number of carbonyl (C=O) groups is 2. The van der Waals surface area contributed by atoms with E-state index in [1.54, 1.807) is 23.6 Å². The molecule has 1 atom stereocenters. The van der Waals surface area contributed by atoms with Crippen molar-refractivity contribution in [3.63, 3.8) is 0 Å². The van der Waals surface area contributed by atoms with Crippen LogP contribution < -0.4 is 4.90 Å². The normalized spacial score (nSPS) is 18.6. The first-order valence-electron chi connectivity index (χ1n) is 13.3. The minimum Gasteiger partial charge on any atom is -0.379 e. The van der Waals surface area contributed by atoms with Crippen LogP contribution in [0.3, 0.4) is 0 Å². The van der Waals surface area contributed by atoms with Crippen LogP contribution in [0.1, 0.15) is 57.4 Å². The van der Waals surface area contributed by atoms with E-state index in [1.807, 2.05) is 46.1 Å². The summed E-state index contributed by atoms with van der Waals surface area (Å²) in [6, 6.07) is 15.9. The van der Waals surface area contributed by atoms with Crippen LogP contribution in [0.5, 0.6) is 0 Å². The van der Waals surface area contributed by atoms with Gasteiger partial charge in [-0.3, -0.25) is 14.3 Å². The molecule has 0 N–H and O–H groups in total. The quantitative estimate of drug-likeness (QED) is 0.297. The Balaban J connectivity index is 1.18. The van der Waals surface area contributed by atoms with Gasteiger partial charge in [0.15, 0.2) is 5.78 Å². The summed E-state index contributed by atoms with van der Waals surface area (Å²) < 4.78 is 7.43. The van der Waals surface area contributed by atoms with Crippen LogP contribution in [-0.2, 0) is 11.2 Å². The van der Waals surface area contributed by atoms with Gasteiger partial charge in [-0.2, -0.15) is 5.10 Å². The van der Waals surface area contributed by atoms with Crippen molar-refractivity contribution in [1.82, 2.24) is 14.8 Å². The molecule has 0 radical (unpaired) electrons. The maximum atomic E-state index is 13.9. The number of Topliss-reactive ketones (excluding diaryl/α,β-unsaturated/α-hetero) is 1. The number of hydrogen-bond donors (Lipinski definition) is 0. The van der Waals surface area contributed by atoms with Crippen molar-refractivity contribution in [3.8, 4) is 21.7 Å². The van der Waals surface area contributed by atoms with Crippen LogP contribution in [-0.4, -0.2) is 46.2 Å². The van der Waals surface area contributed by atoms with E-state index in [9.17, 15) is 9.59 Å². The van der Waals surface area contributed by atoms with Crippen molar-refractivity contribution >= 4 is 28.7 Å². The molecule has 1 aliphatic carbocycles. The van der Waals surface area contributed by atoms with Crippen LogP contribution in [0, 0.1) is 5.92 Å². The van der Waals surface area contributed by atoms with E-state index in [-0.39, 0.29) is 17.7 Å². The number of anilines is 1. The molecule has 2 aliphatic heterocycles. The first-order chi connectivity index (χ1) is 18.6. The van der Waals surface area contributed by atoms with Gasteiger partial charge in [-0.05, 0) is 61.4 Å². The predicted molar refractivity (Wildman–Crippen MR) is 147 cm³/mol. The average molecular weight is 525 g/mol. The maximum Gasteiger partial charge on any atom is 0.276 e. The number of thiophene rings is 1. The number of rotatable bonds is 6. The average Bonchev–Trinajstić information content (AvgIpc) is 3.33. The van der Waals surface area contributed by atoms with E-state index in [4.69, 9.17) is 9.72 Å². The summed E-state index contributed by atoms with van der Waals surface area (Å²) in [7, 11) is 0. The molecule has 1 saturated carbocycles. The number of amides is 1. The fourth-order valence-corrected chi connectivity index (χ4v) is 6.58. The SMILES string of the molecule is O=C(CC1CC1)c1cc2c(s1)-c1ccccc1N(C(=O)c1cccc(-c3cnn(C4CCOC4)c3)n1)CC2. The molecule has 4 aromatic rings. The van der Waals surface area contributed by atoms with Gasteiger partial charge in [0, 0.05) is 41.8 Å². The minimum absolute atomic E-state index is 0.129. The van der Waals surface area contributed by atoms with Gasteiger partial charge in [0.25, 0.3) is 5.91 Å². The molecule has 5 heterocycles. The molecule has 192 valence electrons. The molecule has 1 amide bonds. The largest absolute Gasteiger partial charge is 0.379 e. The van der Waals surface area contributed by atoms with Crippen LogP contribution in [0.4, 0.5) is 5.69 Å². The van der Waals surface area contributed by atoms with Gasteiger partial charge in [0.1, 0.15) is 5.69 Å². The van der Waals surface area contributed by atoms with Crippen LogP contribution in [0.15, 0.2) is 60.9 Å². The first kappa shape index (κ1) is 23.5. The summed E-state index contributed by atoms with van der Waals surface area (Å²) in [5.41, 5.74) is 5.01. The molecule has 3 aromatic heterocycles. The Hall–Kier alpha value is -3.62. The molecule has 7 rings (SSSR count). The molecule has 38 heavy (non-hydrogen) atoms. The van der Waals surface area contributed by atoms with Gasteiger partial charge in [-0.1, -0.05) is 24.3 Å². The fourth-order valence-electron chi connectivity index (χ4n) is 5.38. The van der Waals surface area contributed by atoms with Gasteiger partial charge in [-0.15, -0.1) is 11.3 Å². The van der Waals surface area contributed by atoms with Crippen LogP contribution >= 0.6 is 11.3 Å². The van der Waals surface area contributed by atoms with Gasteiger partial charge in [0.05, 0.1) is 35.1 Å². The zero-order chi connectivity index (χ0) is 25.6. The van der Waals surface area contributed by atoms with E-state index in [0.717, 1.165) is 50.9 Å². The number of pyridine rings is 1. The van der Waals surface area contributed by atoms with Crippen molar-refractivity contribution < 1.29 is 14.3 Å². The van der Waals surface area contributed by atoms with Crippen molar-refractivity contribution in [2.45, 2.75) is 38.1 Å². The maximum absolute atomic E-state index is 13.9. The van der Waals surface area contributed by atoms with Gasteiger partial charge >= 0.3 is 0 Å².